The summed E-state index contributed by atoms with van der Waals surface area (Å²) in [5.41, 5.74) is 1.15. The number of fused-ring (bicyclic) bond motifs is 1. The first kappa shape index (κ1) is 16.8. The van der Waals surface area contributed by atoms with E-state index in [0.29, 0.717) is 31.5 Å². The number of halogens is 2. The molecule has 0 saturated carbocycles. The summed E-state index contributed by atoms with van der Waals surface area (Å²) in [5, 5.41) is 13.2. The number of amides is 1. The minimum Gasteiger partial charge on any atom is -0.506 e. The van der Waals surface area contributed by atoms with E-state index in [0.717, 1.165) is 0 Å². The number of nitrogens with one attached hydrogen (secondary N) is 1. The van der Waals surface area contributed by atoms with Crippen molar-refractivity contribution in [2.24, 2.45) is 0 Å². The molecule has 0 fully saturated rings. The Morgan fingerprint density at radius 2 is 2.17 bits per heavy atom. The predicted octanol–water partition coefficient (Wildman–Crippen LogP) is 4.00. The maximum Gasteiger partial charge on any atom is 0.287 e. The molecule has 2 aromatic heterocycles. The number of hydrogen-bond acceptors (Lipinski definition) is 5. The van der Waals surface area contributed by atoms with E-state index in [9.17, 15) is 9.90 Å². The summed E-state index contributed by atoms with van der Waals surface area (Å²) >= 11 is 6.52. The molecule has 0 radical (unpaired) electrons. The van der Waals surface area contributed by atoms with Gasteiger partial charge in [0, 0.05) is 11.5 Å². The Kier molecular flexibility index (Phi) is 4.77. The molecule has 0 aliphatic carbocycles. The van der Waals surface area contributed by atoms with E-state index in [-0.39, 0.29) is 24.0 Å². The number of rotatable bonds is 4. The van der Waals surface area contributed by atoms with Crippen LogP contribution in [-0.2, 0) is 6.54 Å². The number of ether oxygens (including phenoxy) is 1. The fourth-order valence-electron chi connectivity index (χ4n) is 2.14. The van der Waals surface area contributed by atoms with Crippen LogP contribution in [0, 0.1) is 0 Å². The van der Waals surface area contributed by atoms with Crippen LogP contribution in [0.4, 0.5) is 0 Å². The van der Waals surface area contributed by atoms with Crippen LogP contribution in [0.2, 0.25) is 0 Å². The number of furan rings is 1. The molecule has 1 aromatic carbocycles. The maximum absolute atomic E-state index is 12.3. The summed E-state index contributed by atoms with van der Waals surface area (Å²) in [6.07, 6.45) is 0. The number of nitrogens with zero attached hydrogens (tertiary/aromatic N) is 1. The summed E-state index contributed by atoms with van der Waals surface area (Å²) in [4.78, 5) is 16.5. The highest BCUT2D eigenvalue weighted by Gasteiger charge is 2.17. The number of phenolic OH excluding ortho intramolecular Hbond substituents is 1. The summed E-state index contributed by atoms with van der Waals surface area (Å²) < 4.78 is 11.5. The summed E-state index contributed by atoms with van der Waals surface area (Å²) in [6, 6.07) is 8.49. The number of carbonyl (C=O) groups is 1. The molecule has 0 atom stereocenters. The second-order valence-corrected chi connectivity index (χ2v) is 6.54. The number of aromatic nitrogens is 1. The Morgan fingerprint density at radius 1 is 1.38 bits per heavy atom. The Labute approximate surface area is 154 Å². The van der Waals surface area contributed by atoms with Gasteiger partial charge in [0.05, 0.1) is 28.3 Å². The smallest absolute Gasteiger partial charge is 0.287 e. The van der Waals surface area contributed by atoms with Crippen molar-refractivity contribution < 1.29 is 19.1 Å². The molecular weight excluding hydrogens is 444 g/mol. The maximum atomic E-state index is 12.3. The number of carbonyl (C=O) groups excluding carboxylic acids is 1. The molecule has 1 amide bonds. The first-order valence-corrected chi connectivity index (χ1v) is 8.47. The van der Waals surface area contributed by atoms with Crippen molar-refractivity contribution in [2.45, 2.75) is 6.54 Å². The van der Waals surface area contributed by atoms with Gasteiger partial charge in [-0.2, -0.15) is 0 Å². The Bertz CT molecular complexity index is 924. The zero-order valence-corrected chi connectivity index (χ0v) is 15.6. The molecule has 2 N–H and O–H groups in total. The van der Waals surface area contributed by atoms with Crippen molar-refractivity contribution in [3.05, 3.63) is 50.7 Å². The van der Waals surface area contributed by atoms with Gasteiger partial charge in [-0.05, 0) is 50.1 Å². The van der Waals surface area contributed by atoms with Gasteiger partial charge in [0.25, 0.3) is 5.91 Å². The molecule has 0 bridgehead atoms. The number of aromatic hydroxyl groups is 1. The van der Waals surface area contributed by atoms with Gasteiger partial charge in [0.15, 0.2) is 5.76 Å². The third kappa shape index (κ3) is 3.25. The van der Waals surface area contributed by atoms with E-state index in [4.69, 9.17) is 9.15 Å². The molecule has 6 nitrogen and oxygen atoms in total. The topological polar surface area (TPSA) is 84.6 Å². The van der Waals surface area contributed by atoms with Gasteiger partial charge in [-0.15, -0.1) is 0 Å². The Hall–Kier alpha value is -2.06. The molecule has 8 heteroatoms. The van der Waals surface area contributed by atoms with E-state index < -0.39 is 0 Å². The molecular formula is C16H12Br2N2O4. The first-order chi connectivity index (χ1) is 11.5. The monoisotopic (exact) mass is 454 g/mol. The van der Waals surface area contributed by atoms with Crippen LogP contribution >= 0.6 is 31.9 Å². The van der Waals surface area contributed by atoms with E-state index in [2.05, 4.69) is 42.2 Å². The largest absolute Gasteiger partial charge is 0.506 e. The second-order valence-electron chi connectivity index (χ2n) is 4.90. The standard InChI is InChI=1S/C16H12Br2N2O4/c1-23-13-4-2-3-8(20-13)7-19-16(22)12-5-9-11(24-12)6-10(17)15(21)14(9)18/h2-6,21H,7H2,1H3,(H,19,22). The molecule has 24 heavy (non-hydrogen) atoms. The van der Waals surface area contributed by atoms with E-state index in [1.54, 1.807) is 30.3 Å². The van der Waals surface area contributed by atoms with Gasteiger partial charge >= 0.3 is 0 Å². The lowest BCUT2D eigenvalue weighted by Gasteiger charge is -2.04. The van der Waals surface area contributed by atoms with Crippen LogP contribution in [0.5, 0.6) is 11.6 Å². The van der Waals surface area contributed by atoms with Crippen LogP contribution in [0.1, 0.15) is 16.2 Å². The molecule has 0 aliphatic rings. The van der Waals surface area contributed by atoms with Gasteiger partial charge in [0.2, 0.25) is 5.88 Å². The lowest BCUT2D eigenvalue weighted by atomic mass is 10.2. The number of pyridine rings is 1. The number of hydrogen-bond donors (Lipinski definition) is 2. The number of phenols is 1. The first-order valence-electron chi connectivity index (χ1n) is 6.88. The molecule has 124 valence electrons. The predicted molar refractivity (Wildman–Crippen MR) is 95.2 cm³/mol. The average Bonchev–Trinajstić information content (AvgIpc) is 3.02. The zero-order chi connectivity index (χ0) is 17.3. The van der Waals surface area contributed by atoms with Crippen LogP contribution in [-0.4, -0.2) is 23.1 Å². The highest BCUT2D eigenvalue weighted by atomic mass is 79.9. The Balaban J connectivity index is 1.80. The lowest BCUT2D eigenvalue weighted by molar-refractivity contribution is 0.0924. The normalized spacial score (nSPS) is 10.8. The molecule has 0 aliphatic heterocycles. The highest BCUT2D eigenvalue weighted by Crippen LogP contribution is 2.39. The van der Waals surface area contributed by atoms with Gasteiger partial charge in [-0.3, -0.25) is 4.79 Å². The van der Waals surface area contributed by atoms with Crippen LogP contribution < -0.4 is 10.1 Å². The fraction of sp³-hybridized carbons (Fsp3) is 0.125. The minimum atomic E-state index is -0.377. The van der Waals surface area contributed by atoms with Crippen molar-refractivity contribution in [2.75, 3.05) is 7.11 Å². The summed E-state index contributed by atoms with van der Waals surface area (Å²) in [7, 11) is 1.53. The molecule has 0 spiro atoms. The molecule has 0 unspecified atom stereocenters. The van der Waals surface area contributed by atoms with Gasteiger partial charge in [-0.25, -0.2) is 4.98 Å². The van der Waals surface area contributed by atoms with E-state index in [1.807, 2.05) is 0 Å². The van der Waals surface area contributed by atoms with Crippen LogP contribution in [0.25, 0.3) is 11.0 Å². The van der Waals surface area contributed by atoms with Crippen molar-refractivity contribution in [3.63, 3.8) is 0 Å². The minimum absolute atomic E-state index is 0.0517. The number of methoxy groups -OCH3 is 1. The van der Waals surface area contributed by atoms with Gasteiger partial charge < -0.3 is 19.6 Å². The SMILES string of the molecule is COc1cccc(CNC(=O)c2cc3c(Br)c(O)c(Br)cc3o2)n1. The summed E-state index contributed by atoms with van der Waals surface area (Å²) in [6.45, 7) is 0.239. The average molecular weight is 456 g/mol. The zero-order valence-electron chi connectivity index (χ0n) is 12.5. The molecule has 3 rings (SSSR count). The third-order valence-corrected chi connectivity index (χ3v) is 4.74. The van der Waals surface area contributed by atoms with Crippen molar-refractivity contribution in [1.29, 1.82) is 0 Å². The van der Waals surface area contributed by atoms with Gasteiger partial charge in [-0.1, -0.05) is 6.07 Å². The highest BCUT2D eigenvalue weighted by molar-refractivity contribution is 9.11. The Morgan fingerprint density at radius 3 is 2.92 bits per heavy atom. The third-order valence-electron chi connectivity index (χ3n) is 3.33. The van der Waals surface area contributed by atoms with Crippen molar-refractivity contribution in [1.82, 2.24) is 10.3 Å². The molecule has 0 saturated heterocycles. The molecule has 3 aromatic rings. The summed E-state index contributed by atoms with van der Waals surface area (Å²) in [5.74, 6) is 0.301. The quantitative estimate of drug-likeness (QED) is 0.621. The second kappa shape index (κ2) is 6.82. The molecule has 2 heterocycles. The number of benzene rings is 1. The van der Waals surface area contributed by atoms with Crippen LogP contribution in [0.3, 0.4) is 0 Å². The van der Waals surface area contributed by atoms with Gasteiger partial charge in [0.1, 0.15) is 11.3 Å². The lowest BCUT2D eigenvalue weighted by Crippen LogP contribution is -2.22. The fourth-order valence-corrected chi connectivity index (χ4v) is 3.33. The van der Waals surface area contributed by atoms with E-state index in [1.165, 1.54) is 7.11 Å². The van der Waals surface area contributed by atoms with Crippen molar-refractivity contribution >= 4 is 48.7 Å². The van der Waals surface area contributed by atoms with E-state index >= 15 is 0 Å². The van der Waals surface area contributed by atoms with Crippen molar-refractivity contribution in [3.8, 4) is 11.6 Å². The van der Waals surface area contributed by atoms with Crippen LogP contribution in [0.15, 0.2) is 43.7 Å².